The Balaban J connectivity index is 0.00000200. The van der Waals surface area contributed by atoms with Crippen LogP contribution in [0.1, 0.15) is 18.0 Å². The lowest BCUT2D eigenvalue weighted by atomic mass is 10.0. The third-order valence-corrected chi connectivity index (χ3v) is 2.92. The maximum Gasteiger partial charge on any atom is 0.573 e. The summed E-state index contributed by atoms with van der Waals surface area (Å²) in [4.78, 5) is 11.1. The SMILES string of the molecule is Cl.O=C1N[C@H](c2cc(Br)cc(OC(F)(F)F)c2)CCO1. The average molecular weight is 377 g/mol. The molecule has 2 rings (SSSR count). The van der Waals surface area contributed by atoms with Gasteiger partial charge in [0.25, 0.3) is 0 Å². The highest BCUT2D eigenvalue weighted by molar-refractivity contribution is 9.10. The highest BCUT2D eigenvalue weighted by Gasteiger charge is 2.31. The van der Waals surface area contributed by atoms with Crippen LogP contribution in [0.4, 0.5) is 18.0 Å². The first-order valence-electron chi connectivity index (χ1n) is 5.33. The van der Waals surface area contributed by atoms with E-state index in [1.165, 1.54) is 12.1 Å². The van der Waals surface area contributed by atoms with Crippen molar-refractivity contribution in [2.75, 3.05) is 6.61 Å². The van der Waals surface area contributed by atoms with Crippen molar-refractivity contribution in [2.45, 2.75) is 18.8 Å². The molecule has 1 aliphatic rings. The molecule has 0 spiro atoms. The van der Waals surface area contributed by atoms with E-state index in [-0.39, 0.29) is 24.8 Å². The van der Waals surface area contributed by atoms with E-state index < -0.39 is 18.5 Å². The van der Waals surface area contributed by atoms with Gasteiger partial charge >= 0.3 is 12.5 Å². The minimum atomic E-state index is -4.75. The Hall–Kier alpha value is -1.15. The van der Waals surface area contributed by atoms with Gasteiger partial charge in [0.15, 0.2) is 0 Å². The van der Waals surface area contributed by atoms with Gasteiger partial charge in [-0.2, -0.15) is 0 Å². The molecular weight excluding hydrogens is 366 g/mol. The van der Waals surface area contributed by atoms with Gasteiger partial charge in [-0.1, -0.05) is 15.9 Å². The number of alkyl halides is 3. The second kappa shape index (κ2) is 6.53. The van der Waals surface area contributed by atoms with Crippen LogP contribution in [-0.2, 0) is 4.74 Å². The van der Waals surface area contributed by atoms with E-state index in [1.807, 2.05) is 0 Å². The molecule has 0 aliphatic carbocycles. The fourth-order valence-corrected chi connectivity index (χ4v) is 2.24. The standard InChI is InChI=1S/C11H9BrF3NO3.ClH/c12-7-3-6(9-1-2-18-10(17)16-9)4-8(5-7)19-11(13,14)15;/h3-5,9H,1-2H2,(H,16,17);1H/t9-;/m0./s1. The van der Waals surface area contributed by atoms with Crippen molar-refractivity contribution >= 4 is 34.4 Å². The van der Waals surface area contributed by atoms with Crippen LogP contribution < -0.4 is 10.1 Å². The average Bonchev–Trinajstić information content (AvgIpc) is 2.25. The number of alkyl carbamates (subject to hydrolysis) is 1. The van der Waals surface area contributed by atoms with E-state index >= 15 is 0 Å². The molecule has 1 amide bonds. The molecule has 0 aromatic heterocycles. The number of amides is 1. The van der Waals surface area contributed by atoms with E-state index in [0.29, 0.717) is 16.5 Å². The van der Waals surface area contributed by atoms with E-state index in [4.69, 9.17) is 4.74 Å². The summed E-state index contributed by atoms with van der Waals surface area (Å²) < 4.78 is 45.5. The molecule has 0 unspecified atom stereocenters. The van der Waals surface area contributed by atoms with Gasteiger partial charge in [-0.25, -0.2) is 4.79 Å². The zero-order valence-electron chi connectivity index (χ0n) is 9.87. The minimum Gasteiger partial charge on any atom is -0.449 e. The van der Waals surface area contributed by atoms with Crippen LogP contribution >= 0.6 is 28.3 Å². The fourth-order valence-electron chi connectivity index (χ4n) is 1.75. The number of ether oxygens (including phenoxy) is 2. The molecule has 20 heavy (non-hydrogen) atoms. The van der Waals surface area contributed by atoms with Crippen LogP contribution in [0, 0.1) is 0 Å². The van der Waals surface area contributed by atoms with E-state index in [9.17, 15) is 18.0 Å². The summed E-state index contributed by atoms with van der Waals surface area (Å²) in [6.07, 6.45) is -4.86. The molecule has 1 aromatic carbocycles. The maximum absolute atomic E-state index is 12.2. The van der Waals surface area contributed by atoms with Crippen LogP contribution in [0.15, 0.2) is 22.7 Å². The number of carbonyl (C=O) groups excluding carboxylic acids is 1. The van der Waals surface area contributed by atoms with Gasteiger partial charge in [-0.3, -0.25) is 0 Å². The number of cyclic esters (lactones) is 1. The maximum atomic E-state index is 12.2. The topological polar surface area (TPSA) is 47.6 Å². The molecule has 1 saturated heterocycles. The molecule has 1 aliphatic heterocycles. The monoisotopic (exact) mass is 375 g/mol. The lowest BCUT2D eigenvalue weighted by Crippen LogP contribution is -2.35. The zero-order valence-corrected chi connectivity index (χ0v) is 12.3. The minimum absolute atomic E-state index is 0. The first-order chi connectivity index (χ1) is 8.83. The van der Waals surface area contributed by atoms with E-state index in [2.05, 4.69) is 26.0 Å². The Morgan fingerprint density at radius 3 is 2.65 bits per heavy atom. The molecule has 0 bridgehead atoms. The number of carbonyl (C=O) groups is 1. The van der Waals surface area contributed by atoms with Crippen molar-refractivity contribution < 1.29 is 27.4 Å². The lowest BCUT2D eigenvalue weighted by Gasteiger charge is -2.24. The van der Waals surface area contributed by atoms with Gasteiger partial charge in [0, 0.05) is 10.9 Å². The largest absolute Gasteiger partial charge is 0.573 e. The number of hydrogen-bond donors (Lipinski definition) is 1. The highest BCUT2D eigenvalue weighted by atomic mass is 79.9. The van der Waals surface area contributed by atoms with Crippen molar-refractivity contribution in [3.05, 3.63) is 28.2 Å². The molecule has 1 fully saturated rings. The molecule has 9 heteroatoms. The molecule has 1 heterocycles. The van der Waals surface area contributed by atoms with Crippen molar-refractivity contribution in [3.63, 3.8) is 0 Å². The first-order valence-corrected chi connectivity index (χ1v) is 6.12. The van der Waals surface area contributed by atoms with E-state index in [0.717, 1.165) is 0 Å². The summed E-state index contributed by atoms with van der Waals surface area (Å²) in [5.41, 5.74) is 0.519. The number of rotatable bonds is 2. The van der Waals surface area contributed by atoms with Crippen LogP contribution in [0.2, 0.25) is 0 Å². The van der Waals surface area contributed by atoms with Gasteiger partial charge in [-0.15, -0.1) is 25.6 Å². The second-order valence-corrected chi connectivity index (χ2v) is 4.81. The molecular formula is C11H10BrClF3NO3. The Labute approximate surface area is 127 Å². The third kappa shape index (κ3) is 4.75. The molecule has 1 atom stereocenters. The predicted octanol–water partition coefficient (Wildman–Crippen LogP) is 3.94. The Morgan fingerprint density at radius 2 is 2.05 bits per heavy atom. The van der Waals surface area contributed by atoms with Crippen LogP contribution in [0.25, 0.3) is 0 Å². The predicted molar refractivity (Wildman–Crippen MR) is 69.9 cm³/mol. The molecule has 0 radical (unpaired) electrons. The Morgan fingerprint density at radius 1 is 1.35 bits per heavy atom. The van der Waals surface area contributed by atoms with Crippen LogP contribution in [0.5, 0.6) is 5.75 Å². The Bertz CT molecular complexity index is 498. The lowest BCUT2D eigenvalue weighted by molar-refractivity contribution is -0.274. The highest BCUT2D eigenvalue weighted by Crippen LogP contribution is 2.31. The van der Waals surface area contributed by atoms with Crippen molar-refractivity contribution in [3.8, 4) is 5.75 Å². The Kier molecular flexibility index (Phi) is 5.52. The first kappa shape index (κ1) is 16.9. The quantitative estimate of drug-likeness (QED) is 0.850. The van der Waals surface area contributed by atoms with Crippen molar-refractivity contribution in [1.29, 1.82) is 0 Å². The normalized spacial score (nSPS) is 18.6. The van der Waals surface area contributed by atoms with Gasteiger partial charge in [0.2, 0.25) is 0 Å². The summed E-state index contributed by atoms with van der Waals surface area (Å²) in [5, 5.41) is 2.53. The number of nitrogens with one attached hydrogen (secondary N) is 1. The van der Waals surface area contributed by atoms with Gasteiger partial charge in [-0.05, 0) is 23.8 Å². The summed E-state index contributed by atoms with van der Waals surface area (Å²) in [5.74, 6) is -0.336. The molecule has 0 saturated carbocycles. The van der Waals surface area contributed by atoms with Gasteiger partial charge < -0.3 is 14.8 Å². The third-order valence-electron chi connectivity index (χ3n) is 2.46. The number of halogens is 5. The molecule has 1 aromatic rings. The number of hydrogen-bond acceptors (Lipinski definition) is 3. The molecule has 112 valence electrons. The zero-order chi connectivity index (χ0) is 14.0. The molecule has 1 N–H and O–H groups in total. The summed E-state index contributed by atoms with van der Waals surface area (Å²) in [7, 11) is 0. The van der Waals surface area contributed by atoms with E-state index in [1.54, 1.807) is 6.07 Å². The molecule has 4 nitrogen and oxygen atoms in total. The van der Waals surface area contributed by atoms with Gasteiger partial charge in [0.05, 0.1) is 12.6 Å². The van der Waals surface area contributed by atoms with Crippen molar-refractivity contribution in [1.82, 2.24) is 5.32 Å². The second-order valence-electron chi connectivity index (χ2n) is 3.89. The smallest absolute Gasteiger partial charge is 0.449 e. The van der Waals surface area contributed by atoms with Gasteiger partial charge in [0.1, 0.15) is 5.75 Å². The van der Waals surface area contributed by atoms with Crippen molar-refractivity contribution in [2.24, 2.45) is 0 Å². The summed E-state index contributed by atoms with van der Waals surface area (Å²) in [6.45, 7) is 0.221. The number of benzene rings is 1. The fraction of sp³-hybridized carbons (Fsp3) is 0.364. The van der Waals surface area contributed by atoms with Crippen LogP contribution in [-0.4, -0.2) is 19.1 Å². The summed E-state index contributed by atoms with van der Waals surface area (Å²) in [6, 6.07) is 3.68. The summed E-state index contributed by atoms with van der Waals surface area (Å²) >= 11 is 3.11. The van der Waals surface area contributed by atoms with Crippen LogP contribution in [0.3, 0.4) is 0 Å².